The maximum atomic E-state index is 12.8. The minimum atomic E-state index is -1.77. The Bertz CT molecular complexity index is 1300. The number of carbonyl (C=O) groups excluding carboxylic acids is 1. The number of ether oxygens (including phenoxy) is 5. The summed E-state index contributed by atoms with van der Waals surface area (Å²) in [6, 6.07) is 7.98. The third-order valence-corrected chi connectivity index (χ3v) is 7.27. The molecule has 15 nitrogen and oxygen atoms in total. The maximum Gasteiger partial charge on any atom is 0.331 e. The van der Waals surface area contributed by atoms with Crippen LogP contribution in [0.1, 0.15) is 18.1 Å². The molecule has 0 radical (unpaired) electrons. The van der Waals surface area contributed by atoms with Gasteiger partial charge >= 0.3 is 5.97 Å². The molecule has 10 unspecified atom stereocenters. The maximum absolute atomic E-state index is 12.8. The zero-order valence-corrected chi connectivity index (χ0v) is 23.5. The lowest BCUT2D eigenvalue weighted by Crippen LogP contribution is -2.65. The molecule has 15 heteroatoms. The number of hydrogen-bond acceptors (Lipinski definition) is 15. The van der Waals surface area contributed by atoms with Crippen molar-refractivity contribution in [1.29, 1.82) is 0 Å². The molecule has 2 fully saturated rings. The van der Waals surface area contributed by atoms with Crippen LogP contribution in [0, 0.1) is 0 Å². The smallest absolute Gasteiger partial charge is 0.331 e. The quantitative estimate of drug-likeness (QED) is 0.0873. The van der Waals surface area contributed by atoms with E-state index in [0.29, 0.717) is 11.1 Å². The van der Waals surface area contributed by atoms with E-state index in [-0.39, 0.29) is 30.3 Å². The van der Waals surface area contributed by atoms with Gasteiger partial charge in [-0.05, 0) is 54.8 Å². The Hall–Kier alpha value is -3.51. The molecule has 2 aliphatic heterocycles. The van der Waals surface area contributed by atoms with E-state index in [1.807, 2.05) is 0 Å². The summed E-state index contributed by atoms with van der Waals surface area (Å²) in [7, 11) is 0. The number of rotatable bonds is 10. The molecule has 2 aromatic carbocycles. The van der Waals surface area contributed by atoms with Gasteiger partial charge in [-0.3, -0.25) is 0 Å². The van der Waals surface area contributed by atoms with Crippen LogP contribution < -0.4 is 0 Å². The standard InChI is InChI=1S/C29H36O15/c1-13-22(36)23(37)24(38)29(41-13)44-27-25(39)28(40-9-8-15-3-6-17(32)19(34)11-15)42-20(12-30)26(27)43-21(35)7-4-14-2-5-16(31)18(33)10-14/h2-7,10-11,13,20,22-34,36-39H,8-9,12H2,1H3. The molecular weight excluding hydrogens is 588 g/mol. The molecule has 2 aromatic rings. The van der Waals surface area contributed by atoms with Gasteiger partial charge < -0.3 is 69.6 Å². The van der Waals surface area contributed by atoms with Crippen molar-refractivity contribution in [3.63, 3.8) is 0 Å². The highest BCUT2D eigenvalue weighted by Gasteiger charge is 2.52. The first-order valence-electron chi connectivity index (χ1n) is 13.7. The molecular formula is C29H36O15. The average Bonchev–Trinajstić information content (AvgIpc) is 2.99. The highest BCUT2D eigenvalue weighted by atomic mass is 16.7. The molecule has 2 heterocycles. The van der Waals surface area contributed by atoms with Crippen molar-refractivity contribution in [2.75, 3.05) is 13.2 Å². The number of phenols is 4. The first-order chi connectivity index (χ1) is 20.9. The topological polar surface area (TPSA) is 245 Å². The number of aliphatic hydroxyl groups excluding tert-OH is 5. The van der Waals surface area contributed by atoms with Gasteiger partial charge in [-0.2, -0.15) is 0 Å². The van der Waals surface area contributed by atoms with E-state index < -0.39 is 79.7 Å². The molecule has 10 atom stereocenters. The number of carbonyl (C=O) groups is 1. The molecule has 0 aromatic heterocycles. The first kappa shape index (κ1) is 33.4. The molecule has 0 aliphatic carbocycles. The van der Waals surface area contributed by atoms with Crippen LogP contribution in [-0.4, -0.2) is 127 Å². The lowest BCUT2D eigenvalue weighted by molar-refractivity contribution is -0.357. The number of aromatic hydroxyl groups is 4. The van der Waals surface area contributed by atoms with Crippen LogP contribution >= 0.6 is 0 Å². The first-order valence-corrected chi connectivity index (χ1v) is 13.7. The van der Waals surface area contributed by atoms with Crippen LogP contribution in [0.5, 0.6) is 23.0 Å². The minimum absolute atomic E-state index is 0.0754. The molecule has 0 spiro atoms. The number of hydrogen-bond donors (Lipinski definition) is 9. The average molecular weight is 625 g/mol. The monoisotopic (exact) mass is 624 g/mol. The van der Waals surface area contributed by atoms with Crippen molar-refractivity contribution in [3.8, 4) is 23.0 Å². The minimum Gasteiger partial charge on any atom is -0.504 e. The van der Waals surface area contributed by atoms with Crippen molar-refractivity contribution in [2.45, 2.75) is 74.8 Å². The molecule has 2 saturated heterocycles. The predicted molar refractivity (Wildman–Crippen MR) is 147 cm³/mol. The number of aliphatic hydroxyl groups is 5. The summed E-state index contributed by atoms with van der Waals surface area (Å²) in [5.74, 6) is -2.40. The van der Waals surface area contributed by atoms with Crippen molar-refractivity contribution in [1.82, 2.24) is 0 Å². The molecule has 0 saturated carbocycles. The van der Waals surface area contributed by atoms with Crippen LogP contribution in [0.25, 0.3) is 6.08 Å². The van der Waals surface area contributed by atoms with Gasteiger partial charge in [0.05, 0.1) is 19.3 Å². The van der Waals surface area contributed by atoms with Crippen LogP contribution in [0.15, 0.2) is 42.5 Å². The Kier molecular flexibility index (Phi) is 11.0. The van der Waals surface area contributed by atoms with Crippen molar-refractivity contribution >= 4 is 12.0 Å². The van der Waals surface area contributed by atoms with E-state index in [2.05, 4.69) is 0 Å². The van der Waals surface area contributed by atoms with Crippen molar-refractivity contribution in [2.24, 2.45) is 0 Å². The van der Waals surface area contributed by atoms with Crippen molar-refractivity contribution in [3.05, 3.63) is 53.6 Å². The largest absolute Gasteiger partial charge is 0.504 e. The molecule has 0 amide bonds. The van der Waals surface area contributed by atoms with E-state index in [9.17, 15) is 50.8 Å². The van der Waals surface area contributed by atoms with Gasteiger partial charge in [-0.15, -0.1) is 0 Å². The van der Waals surface area contributed by atoms with Crippen LogP contribution in [0.3, 0.4) is 0 Å². The summed E-state index contributed by atoms with van der Waals surface area (Å²) in [5.41, 5.74) is 0.914. The zero-order valence-electron chi connectivity index (χ0n) is 23.5. The Morgan fingerprint density at radius 2 is 1.50 bits per heavy atom. The van der Waals surface area contributed by atoms with Crippen LogP contribution in [0.4, 0.5) is 0 Å². The molecule has 9 N–H and O–H groups in total. The van der Waals surface area contributed by atoms with Gasteiger partial charge in [0.15, 0.2) is 41.7 Å². The summed E-state index contributed by atoms with van der Waals surface area (Å²) >= 11 is 0. The lowest BCUT2D eigenvalue weighted by Gasteiger charge is -2.46. The Labute approximate surface area is 251 Å². The van der Waals surface area contributed by atoms with E-state index in [4.69, 9.17) is 23.7 Å². The Balaban J connectivity index is 1.52. The Morgan fingerprint density at radius 3 is 2.16 bits per heavy atom. The number of benzene rings is 2. The van der Waals surface area contributed by atoms with Gasteiger partial charge in [0.2, 0.25) is 0 Å². The van der Waals surface area contributed by atoms with E-state index in [0.717, 1.165) is 6.08 Å². The number of phenolic OH excluding ortho intramolecular Hbond substituents is 4. The predicted octanol–water partition coefficient (Wildman–Crippen LogP) is -1.02. The highest BCUT2D eigenvalue weighted by Crippen LogP contribution is 2.32. The van der Waals surface area contributed by atoms with E-state index in [1.165, 1.54) is 43.3 Å². The Morgan fingerprint density at radius 1 is 0.818 bits per heavy atom. The van der Waals surface area contributed by atoms with Crippen molar-refractivity contribution < 1.29 is 74.4 Å². The molecule has 2 aliphatic rings. The fourth-order valence-corrected chi connectivity index (χ4v) is 4.76. The normalized spacial score (nSPS) is 32.5. The second kappa shape index (κ2) is 14.5. The summed E-state index contributed by atoms with van der Waals surface area (Å²) in [5, 5.41) is 90.5. The number of esters is 1. The van der Waals surface area contributed by atoms with Gasteiger partial charge in [0.1, 0.15) is 36.6 Å². The second-order valence-corrected chi connectivity index (χ2v) is 10.4. The third-order valence-electron chi connectivity index (χ3n) is 7.27. The van der Waals surface area contributed by atoms with Crippen LogP contribution in [0.2, 0.25) is 0 Å². The van der Waals surface area contributed by atoms with E-state index in [1.54, 1.807) is 6.07 Å². The highest BCUT2D eigenvalue weighted by molar-refractivity contribution is 5.87. The van der Waals surface area contributed by atoms with Gasteiger partial charge in [-0.1, -0.05) is 12.1 Å². The summed E-state index contributed by atoms with van der Waals surface area (Å²) in [4.78, 5) is 12.8. The summed E-state index contributed by atoms with van der Waals surface area (Å²) < 4.78 is 28.2. The molecule has 242 valence electrons. The SMILES string of the molecule is CC1OC(OC2C(O)C(OCCc3ccc(O)c(O)c3)OC(CO)C2OC(=O)C=Cc2ccc(O)c(O)c2)C(O)C(O)C1O. The summed E-state index contributed by atoms with van der Waals surface area (Å²) in [6.45, 7) is 0.606. The van der Waals surface area contributed by atoms with Gasteiger partial charge in [-0.25, -0.2) is 4.79 Å². The molecule has 4 rings (SSSR count). The molecule has 0 bridgehead atoms. The van der Waals surface area contributed by atoms with Gasteiger partial charge in [0, 0.05) is 6.08 Å². The third kappa shape index (κ3) is 7.76. The molecule has 44 heavy (non-hydrogen) atoms. The fourth-order valence-electron chi connectivity index (χ4n) is 4.76. The fraction of sp³-hybridized carbons (Fsp3) is 0.483. The summed E-state index contributed by atoms with van der Waals surface area (Å²) in [6.07, 6.45) is -12.6. The lowest BCUT2D eigenvalue weighted by atomic mass is 9.97. The van der Waals surface area contributed by atoms with E-state index >= 15 is 0 Å². The van der Waals surface area contributed by atoms with Gasteiger partial charge in [0.25, 0.3) is 0 Å². The second-order valence-electron chi connectivity index (χ2n) is 10.4. The van der Waals surface area contributed by atoms with Crippen LogP contribution in [-0.2, 0) is 34.9 Å². The zero-order chi connectivity index (χ0) is 32.1.